The molecule has 9 heteroatoms. The SMILES string of the molecule is CC(CC(=O)NC1CCN(c2ccccc2OC(F)F)C1)C1CCNCC1.Cl.Cl. The van der Waals surface area contributed by atoms with Gasteiger partial charge in [-0.15, -0.1) is 24.8 Å². The Balaban J connectivity index is 0.00000210. The zero-order chi connectivity index (χ0) is 19.2. The molecule has 2 fully saturated rings. The molecular weight excluding hydrogens is 423 g/mol. The summed E-state index contributed by atoms with van der Waals surface area (Å²) in [5, 5.41) is 6.48. The minimum absolute atomic E-state index is 0. The van der Waals surface area contributed by atoms with Gasteiger partial charge in [-0.25, -0.2) is 0 Å². The normalized spacial score (nSPS) is 20.6. The van der Waals surface area contributed by atoms with Crippen LogP contribution < -0.4 is 20.3 Å². The number of carbonyl (C=O) groups is 1. The van der Waals surface area contributed by atoms with Crippen LogP contribution in [0.15, 0.2) is 24.3 Å². The topological polar surface area (TPSA) is 53.6 Å². The maximum atomic E-state index is 12.6. The molecule has 1 amide bonds. The summed E-state index contributed by atoms with van der Waals surface area (Å²) >= 11 is 0. The Labute approximate surface area is 183 Å². The molecule has 2 aliphatic heterocycles. The molecule has 2 aliphatic rings. The van der Waals surface area contributed by atoms with Crippen LogP contribution in [0.2, 0.25) is 0 Å². The number of alkyl halides is 2. The maximum Gasteiger partial charge on any atom is 0.387 e. The number of rotatable bonds is 7. The van der Waals surface area contributed by atoms with Gasteiger partial charge in [-0.05, 0) is 56.3 Å². The van der Waals surface area contributed by atoms with Crippen molar-refractivity contribution in [2.75, 3.05) is 31.1 Å². The van der Waals surface area contributed by atoms with E-state index in [9.17, 15) is 13.6 Å². The van der Waals surface area contributed by atoms with Gasteiger partial charge in [-0.2, -0.15) is 8.78 Å². The van der Waals surface area contributed by atoms with Gasteiger partial charge < -0.3 is 20.3 Å². The molecule has 0 spiro atoms. The van der Waals surface area contributed by atoms with Crippen molar-refractivity contribution in [3.05, 3.63) is 24.3 Å². The average molecular weight is 454 g/mol. The molecule has 0 radical (unpaired) electrons. The van der Waals surface area contributed by atoms with Crippen molar-refractivity contribution < 1.29 is 18.3 Å². The van der Waals surface area contributed by atoms with Gasteiger partial charge in [0, 0.05) is 25.6 Å². The van der Waals surface area contributed by atoms with E-state index in [1.54, 1.807) is 24.3 Å². The first-order valence-electron chi connectivity index (χ1n) is 9.82. The first-order valence-corrected chi connectivity index (χ1v) is 9.82. The molecule has 2 atom stereocenters. The molecule has 0 saturated carbocycles. The predicted molar refractivity (Wildman–Crippen MR) is 116 cm³/mol. The van der Waals surface area contributed by atoms with E-state index in [1.165, 1.54) is 0 Å². The van der Waals surface area contributed by atoms with Crippen molar-refractivity contribution in [3.8, 4) is 5.75 Å². The van der Waals surface area contributed by atoms with Gasteiger partial charge in [0.2, 0.25) is 5.91 Å². The van der Waals surface area contributed by atoms with Gasteiger partial charge in [-0.3, -0.25) is 4.79 Å². The third-order valence-corrected chi connectivity index (χ3v) is 5.67. The number of carbonyl (C=O) groups excluding carboxylic acids is 1. The summed E-state index contributed by atoms with van der Waals surface area (Å²) in [4.78, 5) is 14.4. The average Bonchev–Trinajstić information content (AvgIpc) is 3.10. The molecular formula is C20H31Cl2F2N3O2. The fraction of sp³-hybridized carbons (Fsp3) is 0.650. The Morgan fingerprint density at radius 2 is 1.93 bits per heavy atom. The number of hydrogen-bond acceptors (Lipinski definition) is 4. The van der Waals surface area contributed by atoms with Crippen molar-refractivity contribution in [2.24, 2.45) is 11.8 Å². The molecule has 29 heavy (non-hydrogen) atoms. The second kappa shape index (κ2) is 12.4. The van der Waals surface area contributed by atoms with Crippen LogP contribution in [0.25, 0.3) is 0 Å². The summed E-state index contributed by atoms with van der Waals surface area (Å²) in [6, 6.07) is 6.85. The van der Waals surface area contributed by atoms with Gasteiger partial charge in [0.05, 0.1) is 5.69 Å². The van der Waals surface area contributed by atoms with E-state index in [4.69, 9.17) is 0 Å². The lowest BCUT2D eigenvalue weighted by molar-refractivity contribution is -0.122. The fourth-order valence-corrected chi connectivity index (χ4v) is 4.17. The van der Waals surface area contributed by atoms with Crippen LogP contribution in [0, 0.1) is 11.8 Å². The van der Waals surface area contributed by atoms with E-state index in [0.29, 0.717) is 37.0 Å². The van der Waals surface area contributed by atoms with Gasteiger partial charge in [0.25, 0.3) is 0 Å². The van der Waals surface area contributed by atoms with Crippen LogP contribution in [0.4, 0.5) is 14.5 Å². The molecule has 2 saturated heterocycles. The number of nitrogens with zero attached hydrogens (tertiary/aromatic N) is 1. The Morgan fingerprint density at radius 1 is 1.24 bits per heavy atom. The minimum Gasteiger partial charge on any atom is -0.433 e. The number of ether oxygens (including phenoxy) is 1. The smallest absolute Gasteiger partial charge is 0.387 e. The van der Waals surface area contributed by atoms with Crippen molar-refractivity contribution in [1.82, 2.24) is 10.6 Å². The van der Waals surface area contributed by atoms with Gasteiger partial charge >= 0.3 is 6.61 Å². The fourth-order valence-electron chi connectivity index (χ4n) is 4.17. The Hall–Kier alpha value is -1.31. The monoisotopic (exact) mass is 453 g/mol. The number of para-hydroxylation sites is 2. The number of benzene rings is 1. The lowest BCUT2D eigenvalue weighted by atomic mass is 9.84. The molecule has 1 aromatic rings. The zero-order valence-electron chi connectivity index (χ0n) is 16.6. The van der Waals surface area contributed by atoms with Crippen molar-refractivity contribution >= 4 is 36.4 Å². The minimum atomic E-state index is -2.85. The number of halogens is 4. The van der Waals surface area contributed by atoms with Crippen LogP contribution in [0.5, 0.6) is 5.75 Å². The second-order valence-electron chi connectivity index (χ2n) is 7.61. The summed E-state index contributed by atoms with van der Waals surface area (Å²) in [6.45, 7) is 2.70. The van der Waals surface area contributed by atoms with Crippen LogP contribution in [-0.4, -0.2) is 44.7 Å². The zero-order valence-corrected chi connectivity index (χ0v) is 18.2. The Kier molecular flexibility index (Phi) is 11.0. The van der Waals surface area contributed by atoms with E-state index in [1.807, 2.05) is 4.90 Å². The molecule has 0 aliphatic carbocycles. The van der Waals surface area contributed by atoms with Gasteiger partial charge in [0.15, 0.2) is 0 Å². The third kappa shape index (κ3) is 7.46. The van der Waals surface area contributed by atoms with Crippen molar-refractivity contribution in [2.45, 2.75) is 45.3 Å². The molecule has 0 aromatic heterocycles. The summed E-state index contributed by atoms with van der Waals surface area (Å²) < 4.78 is 29.8. The van der Waals surface area contributed by atoms with E-state index >= 15 is 0 Å². The first kappa shape index (κ1) is 25.7. The van der Waals surface area contributed by atoms with Crippen LogP contribution in [0.1, 0.15) is 32.6 Å². The summed E-state index contributed by atoms with van der Waals surface area (Å²) in [5.41, 5.74) is 0.651. The molecule has 2 unspecified atom stereocenters. The van der Waals surface area contributed by atoms with E-state index in [-0.39, 0.29) is 42.5 Å². The van der Waals surface area contributed by atoms with Crippen LogP contribution >= 0.6 is 24.8 Å². The Morgan fingerprint density at radius 3 is 2.62 bits per heavy atom. The highest BCUT2D eigenvalue weighted by Gasteiger charge is 2.28. The van der Waals surface area contributed by atoms with Crippen molar-refractivity contribution in [1.29, 1.82) is 0 Å². The standard InChI is InChI=1S/C20H29F2N3O2.2ClH/c1-14(15-6-9-23-10-7-15)12-19(26)24-16-8-11-25(13-16)17-4-2-3-5-18(17)27-20(21)22;;/h2-5,14-16,20,23H,6-13H2,1H3,(H,24,26);2*1H. The summed E-state index contributed by atoms with van der Waals surface area (Å²) in [6.07, 6.45) is 3.61. The molecule has 1 aromatic carbocycles. The third-order valence-electron chi connectivity index (χ3n) is 5.67. The largest absolute Gasteiger partial charge is 0.433 e. The highest BCUT2D eigenvalue weighted by atomic mass is 35.5. The second-order valence-corrected chi connectivity index (χ2v) is 7.61. The van der Waals surface area contributed by atoms with Crippen LogP contribution in [-0.2, 0) is 4.79 Å². The summed E-state index contributed by atoms with van der Waals surface area (Å²) in [7, 11) is 0. The van der Waals surface area contributed by atoms with E-state index < -0.39 is 6.61 Å². The molecule has 2 N–H and O–H groups in total. The number of anilines is 1. The van der Waals surface area contributed by atoms with Crippen molar-refractivity contribution in [3.63, 3.8) is 0 Å². The number of nitrogens with one attached hydrogen (secondary N) is 2. The lowest BCUT2D eigenvalue weighted by Crippen LogP contribution is -2.39. The molecule has 166 valence electrons. The lowest BCUT2D eigenvalue weighted by Gasteiger charge is -2.28. The molecule has 0 bridgehead atoms. The summed E-state index contributed by atoms with van der Waals surface area (Å²) in [5.74, 6) is 1.25. The molecule has 3 rings (SSSR count). The highest BCUT2D eigenvalue weighted by Crippen LogP contribution is 2.32. The number of piperidine rings is 1. The quantitative estimate of drug-likeness (QED) is 0.657. The van der Waals surface area contributed by atoms with Gasteiger partial charge in [-0.1, -0.05) is 19.1 Å². The van der Waals surface area contributed by atoms with E-state index in [0.717, 1.165) is 32.4 Å². The maximum absolute atomic E-state index is 12.6. The van der Waals surface area contributed by atoms with E-state index in [2.05, 4.69) is 22.3 Å². The first-order chi connectivity index (χ1) is 13.0. The number of hydrogen-bond donors (Lipinski definition) is 2. The molecule has 5 nitrogen and oxygen atoms in total. The van der Waals surface area contributed by atoms with Crippen LogP contribution in [0.3, 0.4) is 0 Å². The number of amides is 1. The van der Waals surface area contributed by atoms with Gasteiger partial charge in [0.1, 0.15) is 5.75 Å². The highest BCUT2D eigenvalue weighted by molar-refractivity contribution is 5.85. The predicted octanol–water partition coefficient (Wildman–Crippen LogP) is 3.85. The molecule has 2 heterocycles. The Bertz CT molecular complexity index is 633.